The highest BCUT2D eigenvalue weighted by atomic mass is 32.1. The van der Waals surface area contributed by atoms with E-state index >= 15 is 0 Å². The van der Waals surface area contributed by atoms with Gasteiger partial charge in [-0.15, -0.1) is 11.3 Å². The molecule has 20 heavy (non-hydrogen) atoms. The van der Waals surface area contributed by atoms with Gasteiger partial charge in [0.25, 0.3) is 0 Å². The van der Waals surface area contributed by atoms with Crippen LogP contribution in [0.3, 0.4) is 0 Å². The minimum atomic E-state index is -0.803. The van der Waals surface area contributed by atoms with E-state index in [-0.39, 0.29) is 12.4 Å². The first-order valence-corrected chi connectivity index (χ1v) is 6.82. The maximum Gasteiger partial charge on any atom is 0.408 e. The highest BCUT2D eigenvalue weighted by Gasteiger charge is 2.21. The van der Waals surface area contributed by atoms with Crippen molar-refractivity contribution in [3.8, 4) is 0 Å². The summed E-state index contributed by atoms with van der Waals surface area (Å²) in [6.45, 7) is 5.09. The third-order valence-corrected chi connectivity index (χ3v) is 3.25. The first kappa shape index (κ1) is 16.4. The predicted molar refractivity (Wildman–Crippen MR) is 75.3 cm³/mol. The highest BCUT2D eigenvalue weighted by Crippen LogP contribution is 2.25. The van der Waals surface area contributed by atoms with Crippen molar-refractivity contribution in [1.29, 1.82) is 5.41 Å². The summed E-state index contributed by atoms with van der Waals surface area (Å²) < 4.78 is 5.15. The van der Waals surface area contributed by atoms with E-state index in [1.807, 2.05) is 20.8 Å². The lowest BCUT2D eigenvalue weighted by molar-refractivity contribution is 0.0549. The molecule has 0 saturated carbocycles. The molecule has 1 atom stereocenters. The summed E-state index contributed by atoms with van der Waals surface area (Å²) in [5, 5.41) is 29.6. The van der Waals surface area contributed by atoms with Gasteiger partial charge in [-0.2, -0.15) is 0 Å². The van der Waals surface area contributed by atoms with Crippen molar-refractivity contribution < 1.29 is 19.8 Å². The van der Waals surface area contributed by atoms with Crippen LogP contribution in [0.25, 0.3) is 0 Å². The summed E-state index contributed by atoms with van der Waals surface area (Å²) in [5.41, 5.74) is 1.75. The van der Waals surface area contributed by atoms with Crippen LogP contribution in [0.5, 0.6) is 0 Å². The van der Waals surface area contributed by atoms with Crippen molar-refractivity contribution in [2.75, 3.05) is 6.61 Å². The zero-order valence-electron chi connectivity index (χ0n) is 11.6. The number of hydrogen-bond donors (Lipinski definition) is 5. The number of nitrogens with one attached hydrogen (secondary N) is 3. The van der Waals surface area contributed by atoms with Crippen LogP contribution in [-0.4, -0.2) is 34.4 Å². The molecule has 0 unspecified atom stereocenters. The second-order valence-corrected chi connectivity index (χ2v) is 6.12. The quantitative estimate of drug-likeness (QED) is 0.329. The molecule has 0 fully saturated rings. The Balaban J connectivity index is 2.74. The van der Waals surface area contributed by atoms with Crippen molar-refractivity contribution in [3.63, 3.8) is 0 Å². The standard InChI is InChI=1S/C12H19N3O4S/c1-12(2,3)14-11(17)19-8(5-16)9-4-7(6-20-9)10(13)15-18/h4,6,8,16,18H,5H2,1-3H3,(H2,13,15)(H,14,17)/t8-/m1/s1. The molecule has 0 radical (unpaired) electrons. The van der Waals surface area contributed by atoms with E-state index in [2.05, 4.69) is 5.32 Å². The van der Waals surface area contributed by atoms with Gasteiger partial charge in [-0.25, -0.2) is 4.79 Å². The molecule has 0 aliphatic carbocycles. The van der Waals surface area contributed by atoms with Crippen molar-refractivity contribution >= 4 is 23.3 Å². The lowest BCUT2D eigenvalue weighted by Crippen LogP contribution is -2.41. The lowest BCUT2D eigenvalue weighted by Gasteiger charge is -2.22. The zero-order chi connectivity index (χ0) is 15.3. The maximum absolute atomic E-state index is 11.7. The van der Waals surface area contributed by atoms with Crippen molar-refractivity contribution in [2.24, 2.45) is 0 Å². The van der Waals surface area contributed by atoms with Crippen LogP contribution in [0.2, 0.25) is 0 Å². The fourth-order valence-corrected chi connectivity index (χ4v) is 2.29. The van der Waals surface area contributed by atoms with Gasteiger partial charge in [-0.1, -0.05) is 0 Å². The average molecular weight is 301 g/mol. The molecule has 0 saturated heterocycles. The highest BCUT2D eigenvalue weighted by molar-refractivity contribution is 7.10. The number of carbonyl (C=O) groups excluding carboxylic acids is 1. The molecule has 5 N–H and O–H groups in total. The predicted octanol–water partition coefficient (Wildman–Crippen LogP) is 1.61. The number of hydrogen-bond acceptors (Lipinski definition) is 6. The van der Waals surface area contributed by atoms with Crippen molar-refractivity contribution in [1.82, 2.24) is 10.8 Å². The number of aliphatic hydroxyl groups is 1. The molecule has 0 aromatic carbocycles. The van der Waals surface area contributed by atoms with Gasteiger partial charge < -0.3 is 15.2 Å². The van der Waals surface area contributed by atoms with Gasteiger partial charge in [-0.05, 0) is 26.8 Å². The fraction of sp³-hybridized carbons (Fsp3) is 0.500. The van der Waals surface area contributed by atoms with Gasteiger partial charge in [0.05, 0.1) is 6.61 Å². The van der Waals surface area contributed by atoms with Gasteiger partial charge in [0.1, 0.15) is 5.84 Å². The summed E-state index contributed by atoms with van der Waals surface area (Å²) in [6, 6.07) is 1.57. The molecule has 0 aliphatic heterocycles. The lowest BCUT2D eigenvalue weighted by atomic mass is 10.1. The molecule has 8 heteroatoms. The molecule has 112 valence electrons. The Bertz CT molecular complexity index is 481. The molecular formula is C12H19N3O4S. The molecule has 1 aromatic rings. The van der Waals surface area contributed by atoms with Crippen molar-refractivity contribution in [2.45, 2.75) is 32.4 Å². The number of rotatable bonds is 4. The number of thiophene rings is 1. The number of hydroxylamine groups is 1. The summed E-state index contributed by atoms with van der Waals surface area (Å²) >= 11 is 1.23. The molecule has 1 aromatic heterocycles. The third kappa shape index (κ3) is 4.80. The van der Waals surface area contributed by atoms with Crippen LogP contribution in [-0.2, 0) is 4.74 Å². The zero-order valence-corrected chi connectivity index (χ0v) is 12.4. The van der Waals surface area contributed by atoms with Crippen LogP contribution in [0.4, 0.5) is 4.79 Å². The van der Waals surface area contributed by atoms with E-state index in [1.54, 1.807) is 16.9 Å². The van der Waals surface area contributed by atoms with Crippen LogP contribution >= 0.6 is 11.3 Å². The van der Waals surface area contributed by atoms with E-state index in [0.717, 1.165) is 0 Å². The SMILES string of the molecule is CC(C)(C)NC(=O)O[C@H](CO)c1cc(C(=N)NO)cs1. The smallest absolute Gasteiger partial charge is 0.408 e. The van der Waals surface area contributed by atoms with E-state index in [9.17, 15) is 9.90 Å². The Morgan fingerprint density at radius 1 is 1.55 bits per heavy atom. The molecule has 0 aliphatic rings. The summed E-state index contributed by atoms with van der Waals surface area (Å²) in [6.07, 6.45) is -1.43. The van der Waals surface area contributed by atoms with Gasteiger partial charge in [-0.3, -0.25) is 16.1 Å². The van der Waals surface area contributed by atoms with E-state index in [1.165, 1.54) is 11.3 Å². The molecule has 1 amide bonds. The minimum Gasteiger partial charge on any atom is -0.438 e. The fourth-order valence-electron chi connectivity index (χ4n) is 1.37. The number of ether oxygens (including phenoxy) is 1. The van der Waals surface area contributed by atoms with E-state index < -0.39 is 17.7 Å². The maximum atomic E-state index is 11.7. The average Bonchev–Trinajstić information content (AvgIpc) is 2.82. The Labute approximate surface area is 121 Å². The molecule has 1 rings (SSSR count). The largest absolute Gasteiger partial charge is 0.438 e. The number of amides is 1. The summed E-state index contributed by atoms with van der Waals surface area (Å²) in [4.78, 5) is 12.3. The number of alkyl carbamates (subject to hydrolysis) is 1. The van der Waals surface area contributed by atoms with Crippen LogP contribution in [0, 0.1) is 5.41 Å². The Hall–Kier alpha value is -1.64. The summed E-state index contributed by atoms with van der Waals surface area (Å²) in [5.74, 6) is -0.164. The number of carbonyl (C=O) groups is 1. The molecule has 0 spiro atoms. The number of amidine groups is 1. The van der Waals surface area contributed by atoms with Crippen LogP contribution in [0.15, 0.2) is 11.4 Å². The topological polar surface area (TPSA) is 115 Å². The Morgan fingerprint density at radius 3 is 2.70 bits per heavy atom. The van der Waals surface area contributed by atoms with Crippen molar-refractivity contribution in [3.05, 3.63) is 21.9 Å². The van der Waals surface area contributed by atoms with E-state index in [4.69, 9.17) is 15.4 Å². The van der Waals surface area contributed by atoms with Crippen LogP contribution in [0.1, 0.15) is 37.3 Å². The second-order valence-electron chi connectivity index (χ2n) is 5.18. The second kappa shape index (κ2) is 6.69. The molecular weight excluding hydrogens is 282 g/mol. The minimum absolute atomic E-state index is 0.164. The number of aliphatic hydroxyl groups excluding tert-OH is 1. The van der Waals surface area contributed by atoms with Gasteiger partial charge >= 0.3 is 6.09 Å². The van der Waals surface area contributed by atoms with E-state index in [0.29, 0.717) is 10.4 Å². The molecule has 7 nitrogen and oxygen atoms in total. The van der Waals surface area contributed by atoms with Gasteiger partial charge in [0.2, 0.25) is 0 Å². The monoisotopic (exact) mass is 301 g/mol. The molecule has 1 heterocycles. The first-order valence-electron chi connectivity index (χ1n) is 5.94. The first-order chi connectivity index (χ1) is 9.26. The Morgan fingerprint density at radius 2 is 2.20 bits per heavy atom. The van der Waals surface area contributed by atoms with Gasteiger partial charge in [0, 0.05) is 21.4 Å². The third-order valence-electron chi connectivity index (χ3n) is 2.23. The normalized spacial score (nSPS) is 12.7. The molecule has 0 bridgehead atoms. The summed E-state index contributed by atoms with van der Waals surface area (Å²) in [7, 11) is 0. The Kier molecular flexibility index (Phi) is 5.49. The van der Waals surface area contributed by atoms with Gasteiger partial charge in [0.15, 0.2) is 6.10 Å². The van der Waals surface area contributed by atoms with Crippen LogP contribution < -0.4 is 10.8 Å².